The lowest BCUT2D eigenvalue weighted by Gasteiger charge is -2.32. The van der Waals surface area contributed by atoms with Crippen LogP contribution < -0.4 is 11.1 Å². The molecule has 1 aromatic rings. The Morgan fingerprint density at radius 2 is 1.76 bits per heavy atom. The van der Waals surface area contributed by atoms with E-state index in [1.165, 1.54) is 24.9 Å². The summed E-state index contributed by atoms with van der Waals surface area (Å²) in [4.78, 5) is 0. The Balaban J connectivity index is 2.02. The molecule has 2 unspecified atom stereocenters. The van der Waals surface area contributed by atoms with Crippen molar-refractivity contribution < 1.29 is 0 Å². The summed E-state index contributed by atoms with van der Waals surface area (Å²) in [5.74, 6) is 1.66. The third-order valence-electron chi connectivity index (χ3n) is 3.83. The molecule has 0 radical (unpaired) electrons. The van der Waals surface area contributed by atoms with Crippen LogP contribution in [0.15, 0.2) is 18.2 Å². The standard InChI is InChI=1S/C15H24N2/c1-10-6-11(2)8-14(7-10)17-13-5-4-12(3)15(16)9-13/h4-5,9-11,14,17H,6-8,16H2,1-3H3. The highest BCUT2D eigenvalue weighted by atomic mass is 14.9. The van der Waals surface area contributed by atoms with Gasteiger partial charge in [-0.05, 0) is 55.7 Å². The van der Waals surface area contributed by atoms with E-state index in [1.54, 1.807) is 0 Å². The summed E-state index contributed by atoms with van der Waals surface area (Å²) in [6.45, 7) is 6.76. The Bertz CT molecular complexity index is 377. The first kappa shape index (κ1) is 12.3. The third kappa shape index (κ3) is 3.15. The zero-order valence-corrected chi connectivity index (χ0v) is 11.2. The summed E-state index contributed by atoms with van der Waals surface area (Å²) in [5.41, 5.74) is 9.14. The van der Waals surface area contributed by atoms with Crippen LogP contribution in [0.1, 0.15) is 38.7 Å². The predicted molar refractivity (Wildman–Crippen MR) is 75.2 cm³/mol. The first-order valence-corrected chi connectivity index (χ1v) is 6.67. The third-order valence-corrected chi connectivity index (χ3v) is 3.83. The van der Waals surface area contributed by atoms with E-state index in [2.05, 4.69) is 37.4 Å². The van der Waals surface area contributed by atoms with E-state index >= 15 is 0 Å². The number of hydrogen-bond donors (Lipinski definition) is 2. The van der Waals surface area contributed by atoms with Crippen LogP contribution in [-0.2, 0) is 0 Å². The van der Waals surface area contributed by atoms with E-state index in [9.17, 15) is 0 Å². The van der Waals surface area contributed by atoms with E-state index in [-0.39, 0.29) is 0 Å². The molecule has 0 spiro atoms. The van der Waals surface area contributed by atoms with Gasteiger partial charge in [-0.25, -0.2) is 0 Å². The second kappa shape index (κ2) is 4.99. The minimum absolute atomic E-state index is 0.607. The lowest BCUT2D eigenvalue weighted by atomic mass is 9.80. The molecule has 2 atom stereocenters. The largest absolute Gasteiger partial charge is 0.398 e. The predicted octanol–water partition coefficient (Wildman–Crippen LogP) is 3.81. The van der Waals surface area contributed by atoms with Crippen molar-refractivity contribution in [3.8, 4) is 0 Å². The maximum absolute atomic E-state index is 5.94. The number of hydrogen-bond acceptors (Lipinski definition) is 2. The number of nitrogens with two attached hydrogens (primary N) is 1. The van der Waals surface area contributed by atoms with E-state index in [4.69, 9.17) is 5.73 Å². The molecule has 1 fully saturated rings. The number of benzene rings is 1. The Kier molecular flexibility index (Phi) is 3.60. The van der Waals surface area contributed by atoms with Gasteiger partial charge >= 0.3 is 0 Å². The molecule has 1 aliphatic carbocycles. The monoisotopic (exact) mass is 232 g/mol. The van der Waals surface area contributed by atoms with Crippen molar-refractivity contribution in [1.82, 2.24) is 0 Å². The lowest BCUT2D eigenvalue weighted by Crippen LogP contribution is -2.30. The van der Waals surface area contributed by atoms with Gasteiger partial charge in [-0.3, -0.25) is 0 Å². The van der Waals surface area contributed by atoms with Crippen LogP contribution in [0.2, 0.25) is 0 Å². The smallest absolute Gasteiger partial charge is 0.0364 e. The summed E-state index contributed by atoms with van der Waals surface area (Å²) < 4.78 is 0. The summed E-state index contributed by atoms with van der Waals surface area (Å²) >= 11 is 0. The highest BCUT2D eigenvalue weighted by molar-refractivity contribution is 5.58. The SMILES string of the molecule is Cc1ccc(NC2CC(C)CC(C)C2)cc1N. The van der Waals surface area contributed by atoms with Crippen molar-refractivity contribution in [2.75, 3.05) is 11.1 Å². The normalized spacial score (nSPS) is 29.0. The zero-order valence-electron chi connectivity index (χ0n) is 11.2. The molecule has 0 amide bonds. The van der Waals surface area contributed by atoms with Crippen LogP contribution in [0.25, 0.3) is 0 Å². The highest BCUT2D eigenvalue weighted by Gasteiger charge is 2.23. The van der Waals surface area contributed by atoms with Gasteiger partial charge in [-0.15, -0.1) is 0 Å². The maximum Gasteiger partial charge on any atom is 0.0364 e. The first-order valence-electron chi connectivity index (χ1n) is 6.67. The summed E-state index contributed by atoms with van der Waals surface area (Å²) in [6, 6.07) is 6.89. The molecule has 2 nitrogen and oxygen atoms in total. The van der Waals surface area contributed by atoms with Crippen LogP contribution in [0.3, 0.4) is 0 Å². The molecule has 1 aliphatic rings. The molecule has 0 aliphatic heterocycles. The quantitative estimate of drug-likeness (QED) is 0.761. The molecular formula is C15H24N2. The van der Waals surface area contributed by atoms with Gasteiger partial charge < -0.3 is 11.1 Å². The minimum Gasteiger partial charge on any atom is -0.398 e. The minimum atomic E-state index is 0.607. The fourth-order valence-electron chi connectivity index (χ4n) is 3.03. The number of anilines is 2. The first-order chi connectivity index (χ1) is 8.04. The average molecular weight is 232 g/mol. The van der Waals surface area contributed by atoms with Gasteiger partial charge in [0.2, 0.25) is 0 Å². The van der Waals surface area contributed by atoms with Gasteiger partial charge in [0.1, 0.15) is 0 Å². The van der Waals surface area contributed by atoms with E-state index < -0.39 is 0 Å². The van der Waals surface area contributed by atoms with Crippen LogP contribution in [0, 0.1) is 18.8 Å². The highest BCUT2D eigenvalue weighted by Crippen LogP contribution is 2.30. The Morgan fingerprint density at radius 3 is 2.35 bits per heavy atom. The molecule has 0 bridgehead atoms. The van der Waals surface area contributed by atoms with Gasteiger partial charge in [0.15, 0.2) is 0 Å². The molecule has 0 aromatic heterocycles. The molecule has 0 heterocycles. The van der Waals surface area contributed by atoms with Crippen LogP contribution in [-0.4, -0.2) is 6.04 Å². The number of nitrogen functional groups attached to an aromatic ring is 1. The summed E-state index contributed by atoms with van der Waals surface area (Å²) in [7, 11) is 0. The molecule has 17 heavy (non-hydrogen) atoms. The van der Waals surface area contributed by atoms with E-state index in [1.807, 2.05) is 6.92 Å². The van der Waals surface area contributed by atoms with Gasteiger partial charge in [-0.1, -0.05) is 19.9 Å². The van der Waals surface area contributed by atoms with E-state index in [0.29, 0.717) is 6.04 Å². The zero-order chi connectivity index (χ0) is 12.4. The van der Waals surface area contributed by atoms with Crippen molar-refractivity contribution in [2.45, 2.75) is 46.1 Å². The van der Waals surface area contributed by atoms with Crippen LogP contribution in [0.4, 0.5) is 11.4 Å². The fraction of sp³-hybridized carbons (Fsp3) is 0.600. The van der Waals surface area contributed by atoms with Crippen molar-refractivity contribution in [1.29, 1.82) is 0 Å². The van der Waals surface area contributed by atoms with Crippen molar-refractivity contribution in [3.05, 3.63) is 23.8 Å². The summed E-state index contributed by atoms with van der Waals surface area (Å²) in [6.07, 6.45) is 3.92. The molecule has 1 saturated carbocycles. The maximum atomic E-state index is 5.94. The molecule has 0 saturated heterocycles. The average Bonchev–Trinajstić information content (AvgIpc) is 2.22. The topological polar surface area (TPSA) is 38.0 Å². The second-order valence-corrected chi connectivity index (χ2v) is 5.83. The molecule has 2 rings (SSSR count). The summed E-state index contributed by atoms with van der Waals surface area (Å²) in [5, 5.41) is 3.63. The van der Waals surface area contributed by atoms with Gasteiger partial charge in [0.05, 0.1) is 0 Å². The van der Waals surface area contributed by atoms with Crippen LogP contribution in [0.5, 0.6) is 0 Å². The molecule has 94 valence electrons. The van der Waals surface area contributed by atoms with Gasteiger partial charge in [0.25, 0.3) is 0 Å². The molecule has 2 heteroatoms. The van der Waals surface area contributed by atoms with Gasteiger partial charge in [-0.2, -0.15) is 0 Å². The Hall–Kier alpha value is -1.18. The Labute approximate surface area is 105 Å². The molecule has 3 N–H and O–H groups in total. The van der Waals surface area contributed by atoms with Gasteiger partial charge in [0, 0.05) is 17.4 Å². The van der Waals surface area contributed by atoms with E-state index in [0.717, 1.165) is 23.1 Å². The Morgan fingerprint density at radius 1 is 1.12 bits per heavy atom. The lowest BCUT2D eigenvalue weighted by molar-refractivity contribution is 0.281. The molecule has 1 aromatic carbocycles. The second-order valence-electron chi connectivity index (χ2n) is 5.83. The number of nitrogens with one attached hydrogen (secondary N) is 1. The number of rotatable bonds is 2. The fourth-order valence-corrected chi connectivity index (χ4v) is 3.03. The van der Waals surface area contributed by atoms with Crippen molar-refractivity contribution in [2.24, 2.45) is 11.8 Å². The van der Waals surface area contributed by atoms with Crippen molar-refractivity contribution >= 4 is 11.4 Å². The van der Waals surface area contributed by atoms with Crippen molar-refractivity contribution in [3.63, 3.8) is 0 Å². The van der Waals surface area contributed by atoms with Crippen LogP contribution >= 0.6 is 0 Å². The molecular weight excluding hydrogens is 208 g/mol. The number of aryl methyl sites for hydroxylation is 1.